The summed E-state index contributed by atoms with van der Waals surface area (Å²) in [5, 5.41) is 12.2. The van der Waals surface area contributed by atoms with Gasteiger partial charge in [-0.1, -0.05) is 19.9 Å². The number of nitriles is 1. The number of anilines is 1. The first-order valence-electron chi connectivity index (χ1n) is 5.97. The average Bonchev–Trinajstić information content (AvgIpc) is 2.58. The van der Waals surface area contributed by atoms with Crippen LogP contribution in [0.4, 0.5) is 10.1 Å². The average molecular weight is 232 g/mol. The van der Waals surface area contributed by atoms with Crippen molar-refractivity contribution in [2.24, 2.45) is 5.41 Å². The molecule has 90 valence electrons. The molecule has 2 rings (SSSR count). The van der Waals surface area contributed by atoms with Crippen molar-refractivity contribution in [1.29, 1.82) is 5.26 Å². The molecule has 1 aromatic carbocycles. The summed E-state index contributed by atoms with van der Waals surface area (Å²) in [6.07, 6.45) is 3.31. The van der Waals surface area contributed by atoms with Crippen molar-refractivity contribution in [3.63, 3.8) is 0 Å². The van der Waals surface area contributed by atoms with E-state index in [9.17, 15) is 4.39 Å². The van der Waals surface area contributed by atoms with Crippen molar-refractivity contribution in [2.45, 2.75) is 39.2 Å². The minimum absolute atomic E-state index is 0.122. The molecule has 2 nitrogen and oxygen atoms in total. The van der Waals surface area contributed by atoms with E-state index in [1.165, 1.54) is 12.5 Å². The molecule has 1 aromatic rings. The maximum absolute atomic E-state index is 13.4. The summed E-state index contributed by atoms with van der Waals surface area (Å²) >= 11 is 0. The highest BCUT2D eigenvalue weighted by Crippen LogP contribution is 2.38. The molecule has 0 amide bonds. The van der Waals surface area contributed by atoms with E-state index >= 15 is 0 Å². The minimum atomic E-state index is -0.449. The zero-order valence-electron chi connectivity index (χ0n) is 10.3. The monoisotopic (exact) mass is 232 g/mol. The molecule has 0 heterocycles. The Morgan fingerprint density at radius 3 is 2.82 bits per heavy atom. The Hall–Kier alpha value is -1.56. The Balaban J connectivity index is 2.15. The van der Waals surface area contributed by atoms with E-state index in [2.05, 4.69) is 19.2 Å². The van der Waals surface area contributed by atoms with Crippen molar-refractivity contribution in [1.82, 2.24) is 0 Å². The molecule has 1 aliphatic carbocycles. The molecule has 1 saturated carbocycles. The fourth-order valence-corrected chi connectivity index (χ4v) is 2.54. The van der Waals surface area contributed by atoms with Crippen molar-refractivity contribution in [2.75, 3.05) is 5.32 Å². The normalized spacial score (nSPS) is 22.1. The molecule has 0 spiro atoms. The lowest BCUT2D eigenvalue weighted by molar-refractivity contribution is 0.378. The van der Waals surface area contributed by atoms with Gasteiger partial charge >= 0.3 is 0 Å². The van der Waals surface area contributed by atoms with Crippen molar-refractivity contribution in [3.05, 3.63) is 29.6 Å². The molecule has 0 aliphatic heterocycles. The molecule has 0 aromatic heterocycles. The topological polar surface area (TPSA) is 35.8 Å². The van der Waals surface area contributed by atoms with Crippen LogP contribution in [0.3, 0.4) is 0 Å². The van der Waals surface area contributed by atoms with Gasteiger partial charge in [0, 0.05) is 6.04 Å². The van der Waals surface area contributed by atoms with Gasteiger partial charge in [0.15, 0.2) is 0 Å². The largest absolute Gasteiger partial charge is 0.381 e. The fraction of sp³-hybridized carbons (Fsp3) is 0.500. The van der Waals surface area contributed by atoms with Crippen LogP contribution in [0.25, 0.3) is 0 Å². The third-order valence-corrected chi connectivity index (χ3v) is 3.45. The van der Waals surface area contributed by atoms with Gasteiger partial charge in [0.1, 0.15) is 17.4 Å². The Kier molecular flexibility index (Phi) is 3.06. The molecule has 1 N–H and O–H groups in total. The lowest BCUT2D eigenvalue weighted by atomic mass is 9.92. The van der Waals surface area contributed by atoms with Crippen LogP contribution in [-0.4, -0.2) is 6.04 Å². The molecule has 17 heavy (non-hydrogen) atoms. The fourth-order valence-electron chi connectivity index (χ4n) is 2.54. The number of nitrogens with zero attached hydrogens (tertiary/aromatic N) is 1. The highest BCUT2D eigenvalue weighted by atomic mass is 19.1. The summed E-state index contributed by atoms with van der Waals surface area (Å²) in [5.74, 6) is -0.449. The molecular weight excluding hydrogens is 215 g/mol. The summed E-state index contributed by atoms with van der Waals surface area (Å²) in [6, 6.07) is 7.00. The maximum atomic E-state index is 13.4. The van der Waals surface area contributed by atoms with Gasteiger partial charge in [-0.05, 0) is 36.8 Å². The first-order chi connectivity index (χ1) is 8.02. The Labute approximate surface area is 101 Å². The minimum Gasteiger partial charge on any atom is -0.381 e. The van der Waals surface area contributed by atoms with Gasteiger partial charge in [0.25, 0.3) is 0 Å². The van der Waals surface area contributed by atoms with Gasteiger partial charge in [-0.15, -0.1) is 0 Å². The van der Waals surface area contributed by atoms with E-state index in [4.69, 9.17) is 5.26 Å². The molecule has 1 aliphatic rings. The number of benzene rings is 1. The second kappa shape index (κ2) is 4.37. The smallest absolute Gasteiger partial charge is 0.143 e. The van der Waals surface area contributed by atoms with E-state index in [0.29, 0.717) is 17.1 Å². The predicted molar refractivity (Wildman–Crippen MR) is 66.2 cm³/mol. The van der Waals surface area contributed by atoms with Crippen molar-refractivity contribution < 1.29 is 4.39 Å². The molecule has 1 atom stereocenters. The maximum Gasteiger partial charge on any atom is 0.143 e. The van der Waals surface area contributed by atoms with Crippen molar-refractivity contribution in [3.8, 4) is 6.07 Å². The predicted octanol–water partition coefficient (Wildman–Crippen LogP) is 3.69. The molecule has 0 saturated heterocycles. The van der Waals surface area contributed by atoms with E-state index in [0.717, 1.165) is 12.8 Å². The molecule has 0 bridgehead atoms. The van der Waals surface area contributed by atoms with Crippen LogP contribution in [0.15, 0.2) is 18.2 Å². The van der Waals surface area contributed by atoms with Crippen LogP contribution < -0.4 is 5.32 Å². The second-order valence-electron chi connectivity index (χ2n) is 5.52. The number of halogens is 1. The Morgan fingerprint density at radius 2 is 2.24 bits per heavy atom. The number of nitrogens with one attached hydrogen (secondary N) is 1. The van der Waals surface area contributed by atoms with Gasteiger partial charge in [0.2, 0.25) is 0 Å². The second-order valence-corrected chi connectivity index (χ2v) is 5.52. The number of hydrogen-bond acceptors (Lipinski definition) is 2. The number of hydrogen-bond donors (Lipinski definition) is 1. The standard InChI is InChI=1S/C14H17FN2/c1-14(2)7-6-10(8-14)17-13-5-3-4-12(15)11(13)9-16/h3-5,10,17H,6-8H2,1-2H3. The summed E-state index contributed by atoms with van der Waals surface area (Å²) in [5.41, 5.74) is 1.09. The molecular formula is C14H17FN2. The van der Waals surface area contributed by atoms with E-state index < -0.39 is 5.82 Å². The summed E-state index contributed by atoms with van der Waals surface area (Å²) < 4.78 is 13.4. The van der Waals surface area contributed by atoms with Gasteiger partial charge < -0.3 is 5.32 Å². The van der Waals surface area contributed by atoms with Crippen LogP contribution in [0.2, 0.25) is 0 Å². The van der Waals surface area contributed by atoms with E-state index in [1.807, 2.05) is 6.07 Å². The Morgan fingerprint density at radius 1 is 1.47 bits per heavy atom. The highest BCUT2D eigenvalue weighted by molar-refractivity contribution is 5.58. The lowest BCUT2D eigenvalue weighted by Crippen LogP contribution is -2.18. The Bertz CT molecular complexity index is 460. The van der Waals surface area contributed by atoms with Crippen LogP contribution >= 0.6 is 0 Å². The summed E-state index contributed by atoms with van der Waals surface area (Å²) in [6.45, 7) is 4.48. The molecule has 3 heteroatoms. The van der Waals surface area contributed by atoms with Gasteiger partial charge in [-0.25, -0.2) is 4.39 Å². The molecule has 1 unspecified atom stereocenters. The SMILES string of the molecule is CC1(C)CCC(Nc2cccc(F)c2C#N)C1. The third-order valence-electron chi connectivity index (χ3n) is 3.45. The van der Waals surface area contributed by atoms with Gasteiger partial charge in [0.05, 0.1) is 5.69 Å². The van der Waals surface area contributed by atoms with Gasteiger partial charge in [-0.3, -0.25) is 0 Å². The quantitative estimate of drug-likeness (QED) is 0.844. The zero-order chi connectivity index (χ0) is 12.5. The van der Waals surface area contributed by atoms with E-state index in [1.54, 1.807) is 12.1 Å². The van der Waals surface area contributed by atoms with Gasteiger partial charge in [-0.2, -0.15) is 5.26 Å². The van der Waals surface area contributed by atoms with E-state index in [-0.39, 0.29) is 5.56 Å². The summed E-state index contributed by atoms with van der Waals surface area (Å²) in [7, 11) is 0. The molecule has 1 fully saturated rings. The lowest BCUT2D eigenvalue weighted by Gasteiger charge is -2.19. The first kappa shape index (κ1) is 11.9. The summed E-state index contributed by atoms with van der Waals surface area (Å²) in [4.78, 5) is 0. The zero-order valence-corrected chi connectivity index (χ0v) is 10.3. The molecule has 0 radical (unpaired) electrons. The third kappa shape index (κ3) is 2.58. The van der Waals surface area contributed by atoms with Crippen molar-refractivity contribution >= 4 is 5.69 Å². The van der Waals surface area contributed by atoms with Crippen LogP contribution in [-0.2, 0) is 0 Å². The van der Waals surface area contributed by atoms with Crippen LogP contribution in [0.1, 0.15) is 38.7 Å². The number of rotatable bonds is 2. The first-order valence-corrected chi connectivity index (χ1v) is 5.97. The highest BCUT2D eigenvalue weighted by Gasteiger charge is 2.31. The van der Waals surface area contributed by atoms with Crippen LogP contribution in [0, 0.1) is 22.6 Å². The van der Waals surface area contributed by atoms with Crippen LogP contribution in [0.5, 0.6) is 0 Å².